The van der Waals surface area contributed by atoms with Crippen molar-refractivity contribution >= 4 is 23.2 Å². The van der Waals surface area contributed by atoms with Crippen molar-refractivity contribution in [2.45, 2.75) is 25.9 Å². The van der Waals surface area contributed by atoms with E-state index in [2.05, 4.69) is 5.32 Å². The van der Waals surface area contributed by atoms with Crippen molar-refractivity contribution in [2.75, 3.05) is 17.2 Å². The van der Waals surface area contributed by atoms with Gasteiger partial charge in [-0.2, -0.15) is 13.2 Å². The van der Waals surface area contributed by atoms with Crippen molar-refractivity contribution < 1.29 is 27.5 Å². The van der Waals surface area contributed by atoms with Gasteiger partial charge in [0.15, 0.2) is 0 Å². The molecule has 0 heterocycles. The third-order valence-corrected chi connectivity index (χ3v) is 3.58. The normalized spacial score (nSPS) is 11.0. The second-order valence-electron chi connectivity index (χ2n) is 5.79. The van der Waals surface area contributed by atoms with Gasteiger partial charge in [0, 0.05) is 17.8 Å². The summed E-state index contributed by atoms with van der Waals surface area (Å²) in [5.74, 6) is -1.52. The molecule has 8 heteroatoms. The average molecular weight is 380 g/mol. The minimum atomic E-state index is -4.95. The molecule has 0 atom stereocenters. The molecule has 0 spiro atoms. The molecule has 0 radical (unpaired) electrons. The zero-order chi connectivity index (χ0) is 19.9. The Morgan fingerprint density at radius 3 is 2.15 bits per heavy atom. The van der Waals surface area contributed by atoms with E-state index in [1.54, 1.807) is 5.32 Å². The van der Waals surface area contributed by atoms with E-state index in [0.717, 1.165) is 11.3 Å². The summed E-state index contributed by atoms with van der Waals surface area (Å²) in [5.41, 5.74) is 1.42. The molecule has 2 amide bonds. The van der Waals surface area contributed by atoms with Gasteiger partial charge < -0.3 is 15.4 Å². The molecule has 0 saturated carbocycles. The van der Waals surface area contributed by atoms with E-state index in [1.165, 1.54) is 24.3 Å². The standard InChI is InChI=1S/C19H19F3N2O3/c1-13-5-2-3-6-16(13)27-12-4-7-17(25)23-14-8-10-15(11-9-14)24-18(26)19(20,21)22/h2-3,5-6,8-11H,4,7,12H2,1H3,(H,23,25)(H,24,26). The summed E-state index contributed by atoms with van der Waals surface area (Å²) in [4.78, 5) is 22.7. The first-order valence-corrected chi connectivity index (χ1v) is 8.22. The highest BCUT2D eigenvalue weighted by atomic mass is 19.4. The Bertz CT molecular complexity index is 790. The lowest BCUT2D eigenvalue weighted by Crippen LogP contribution is -2.29. The monoisotopic (exact) mass is 380 g/mol. The highest BCUT2D eigenvalue weighted by Gasteiger charge is 2.38. The van der Waals surface area contributed by atoms with Crippen LogP contribution in [0.3, 0.4) is 0 Å². The van der Waals surface area contributed by atoms with Crippen LogP contribution in [0.15, 0.2) is 48.5 Å². The van der Waals surface area contributed by atoms with E-state index in [1.807, 2.05) is 31.2 Å². The van der Waals surface area contributed by atoms with Gasteiger partial charge in [0.2, 0.25) is 5.91 Å². The lowest BCUT2D eigenvalue weighted by Gasteiger charge is -2.10. The zero-order valence-corrected chi connectivity index (χ0v) is 14.6. The molecule has 0 unspecified atom stereocenters. The van der Waals surface area contributed by atoms with Gasteiger partial charge in [-0.3, -0.25) is 9.59 Å². The minimum absolute atomic E-state index is 0.0121. The highest BCUT2D eigenvalue weighted by molar-refractivity contribution is 5.95. The first-order valence-electron chi connectivity index (χ1n) is 8.22. The van der Waals surface area contributed by atoms with Crippen LogP contribution in [0.1, 0.15) is 18.4 Å². The fourth-order valence-electron chi connectivity index (χ4n) is 2.20. The van der Waals surface area contributed by atoms with E-state index in [-0.39, 0.29) is 18.0 Å². The minimum Gasteiger partial charge on any atom is -0.493 e. The van der Waals surface area contributed by atoms with Crippen LogP contribution in [0.5, 0.6) is 5.75 Å². The van der Waals surface area contributed by atoms with E-state index < -0.39 is 12.1 Å². The molecule has 0 aliphatic rings. The largest absolute Gasteiger partial charge is 0.493 e. The molecule has 2 aromatic carbocycles. The maximum absolute atomic E-state index is 12.2. The number of aryl methyl sites for hydroxylation is 1. The number of ether oxygens (including phenoxy) is 1. The Kier molecular flexibility index (Phi) is 6.81. The van der Waals surface area contributed by atoms with Gasteiger partial charge in [-0.15, -0.1) is 0 Å². The molecule has 2 N–H and O–H groups in total. The van der Waals surface area contributed by atoms with E-state index in [0.29, 0.717) is 18.7 Å². The Balaban J connectivity index is 1.74. The van der Waals surface area contributed by atoms with Crippen molar-refractivity contribution in [1.82, 2.24) is 0 Å². The maximum atomic E-state index is 12.2. The number of halogens is 3. The molecule has 0 bridgehead atoms. The van der Waals surface area contributed by atoms with Gasteiger partial charge >= 0.3 is 12.1 Å². The van der Waals surface area contributed by atoms with Crippen LogP contribution in [0, 0.1) is 6.92 Å². The van der Waals surface area contributed by atoms with Crippen LogP contribution in [-0.2, 0) is 9.59 Å². The van der Waals surface area contributed by atoms with Crippen LogP contribution in [-0.4, -0.2) is 24.6 Å². The molecule has 144 valence electrons. The fraction of sp³-hybridized carbons (Fsp3) is 0.263. The number of amides is 2. The van der Waals surface area contributed by atoms with Gasteiger partial charge in [-0.05, 0) is 49.2 Å². The molecule has 2 aromatic rings. The van der Waals surface area contributed by atoms with Crippen LogP contribution in [0.2, 0.25) is 0 Å². The van der Waals surface area contributed by atoms with Crippen molar-refractivity contribution in [2.24, 2.45) is 0 Å². The molecular weight excluding hydrogens is 361 g/mol. The van der Waals surface area contributed by atoms with Crippen molar-refractivity contribution in [3.05, 3.63) is 54.1 Å². The van der Waals surface area contributed by atoms with E-state index in [4.69, 9.17) is 4.74 Å². The lowest BCUT2D eigenvalue weighted by molar-refractivity contribution is -0.167. The molecule has 0 fully saturated rings. The van der Waals surface area contributed by atoms with Crippen LogP contribution in [0.4, 0.5) is 24.5 Å². The second kappa shape index (κ2) is 9.07. The Labute approximate surface area is 154 Å². The molecule has 5 nitrogen and oxygen atoms in total. The summed E-state index contributed by atoms with van der Waals surface area (Å²) in [7, 11) is 0. The summed E-state index contributed by atoms with van der Waals surface area (Å²) in [5, 5.41) is 4.36. The predicted molar refractivity (Wildman–Crippen MR) is 95.7 cm³/mol. The summed E-state index contributed by atoms with van der Waals surface area (Å²) in [6, 6.07) is 12.9. The Hall–Kier alpha value is -3.03. The summed E-state index contributed by atoms with van der Waals surface area (Å²) < 4.78 is 42.2. The number of rotatable bonds is 7. The Morgan fingerprint density at radius 1 is 0.963 bits per heavy atom. The number of para-hydroxylation sites is 1. The number of hydrogen-bond acceptors (Lipinski definition) is 3. The highest BCUT2D eigenvalue weighted by Crippen LogP contribution is 2.20. The summed E-state index contributed by atoms with van der Waals surface area (Å²) in [6.07, 6.45) is -4.20. The first kappa shape index (κ1) is 20.3. The molecule has 0 aliphatic carbocycles. The van der Waals surface area contributed by atoms with Crippen molar-refractivity contribution in [1.29, 1.82) is 0 Å². The van der Waals surface area contributed by atoms with Gasteiger partial charge in [0.05, 0.1) is 6.61 Å². The predicted octanol–water partition coefficient (Wildman–Crippen LogP) is 4.29. The van der Waals surface area contributed by atoms with Crippen molar-refractivity contribution in [3.8, 4) is 5.75 Å². The molecule has 0 aromatic heterocycles. The number of hydrogen-bond donors (Lipinski definition) is 2. The van der Waals surface area contributed by atoms with Gasteiger partial charge in [-0.25, -0.2) is 0 Å². The number of carbonyl (C=O) groups excluding carboxylic acids is 2. The molecule has 2 rings (SSSR count). The lowest BCUT2D eigenvalue weighted by atomic mass is 10.2. The van der Waals surface area contributed by atoms with Gasteiger partial charge in [0.1, 0.15) is 5.75 Å². The van der Waals surface area contributed by atoms with Gasteiger partial charge in [-0.1, -0.05) is 18.2 Å². The number of benzene rings is 2. The molecule has 0 saturated heterocycles. The SMILES string of the molecule is Cc1ccccc1OCCCC(=O)Nc1ccc(NC(=O)C(F)(F)F)cc1. The molecular formula is C19H19F3N2O3. The molecule has 0 aliphatic heterocycles. The van der Waals surface area contributed by atoms with E-state index >= 15 is 0 Å². The third kappa shape index (κ3) is 6.65. The van der Waals surface area contributed by atoms with Crippen LogP contribution >= 0.6 is 0 Å². The zero-order valence-electron chi connectivity index (χ0n) is 14.6. The third-order valence-electron chi connectivity index (χ3n) is 3.58. The summed E-state index contributed by atoms with van der Waals surface area (Å²) >= 11 is 0. The topological polar surface area (TPSA) is 67.4 Å². The number of nitrogens with one attached hydrogen (secondary N) is 2. The molecule has 27 heavy (non-hydrogen) atoms. The smallest absolute Gasteiger partial charge is 0.471 e. The average Bonchev–Trinajstić information content (AvgIpc) is 2.61. The number of carbonyl (C=O) groups is 2. The quantitative estimate of drug-likeness (QED) is 0.704. The van der Waals surface area contributed by atoms with E-state index in [9.17, 15) is 22.8 Å². The van der Waals surface area contributed by atoms with Crippen molar-refractivity contribution in [3.63, 3.8) is 0 Å². The fourth-order valence-corrected chi connectivity index (χ4v) is 2.20. The summed E-state index contributed by atoms with van der Waals surface area (Å²) in [6.45, 7) is 2.32. The van der Waals surface area contributed by atoms with Crippen LogP contribution < -0.4 is 15.4 Å². The Morgan fingerprint density at radius 2 is 1.56 bits per heavy atom. The van der Waals surface area contributed by atoms with Crippen LogP contribution in [0.25, 0.3) is 0 Å². The maximum Gasteiger partial charge on any atom is 0.471 e. The first-order chi connectivity index (χ1) is 12.8. The van der Waals surface area contributed by atoms with Gasteiger partial charge in [0.25, 0.3) is 0 Å². The number of alkyl halides is 3. The second-order valence-corrected chi connectivity index (χ2v) is 5.79. The number of anilines is 2.